The van der Waals surface area contributed by atoms with Crippen LogP contribution in [0.4, 0.5) is 4.79 Å². The second-order valence-electron chi connectivity index (χ2n) is 4.38. The zero-order chi connectivity index (χ0) is 14.1. The lowest BCUT2D eigenvalue weighted by Gasteiger charge is -2.22. The quantitative estimate of drug-likeness (QED) is 0.633. The largest absolute Gasteiger partial charge is 0.480 e. The van der Waals surface area contributed by atoms with E-state index in [0.29, 0.717) is 6.42 Å². The molecule has 0 aliphatic rings. The maximum Gasteiger partial charge on any atom is 0.326 e. The highest BCUT2D eigenvalue weighted by molar-refractivity contribution is 7.99. The van der Waals surface area contributed by atoms with Crippen LogP contribution in [0.1, 0.15) is 34.1 Å². The van der Waals surface area contributed by atoms with Gasteiger partial charge < -0.3 is 15.7 Å². The molecule has 0 aliphatic heterocycles. The molecule has 0 aromatic rings. The summed E-state index contributed by atoms with van der Waals surface area (Å²) in [5.41, 5.74) is 0. The van der Waals surface area contributed by atoms with E-state index in [4.69, 9.17) is 5.11 Å². The highest BCUT2D eigenvalue weighted by Gasteiger charge is 2.25. The lowest BCUT2D eigenvalue weighted by atomic mass is 9.99. The fourth-order valence-electron chi connectivity index (χ4n) is 1.43. The SMILES string of the molecule is CCSCC(C)NC(=O)N[C@H](C(=O)O)C(C)CC. The van der Waals surface area contributed by atoms with E-state index in [1.807, 2.05) is 20.8 Å². The Bertz CT molecular complexity index is 274. The number of amides is 2. The normalized spacial score (nSPS) is 15.6. The number of hydrogen-bond donors (Lipinski definition) is 3. The van der Waals surface area contributed by atoms with Gasteiger partial charge in [0.25, 0.3) is 0 Å². The van der Waals surface area contributed by atoms with E-state index >= 15 is 0 Å². The number of carbonyl (C=O) groups is 2. The van der Waals surface area contributed by atoms with Crippen molar-refractivity contribution in [2.24, 2.45) is 5.92 Å². The van der Waals surface area contributed by atoms with E-state index in [-0.39, 0.29) is 12.0 Å². The Kier molecular flexibility index (Phi) is 8.62. The van der Waals surface area contributed by atoms with Crippen LogP contribution in [-0.2, 0) is 4.79 Å². The van der Waals surface area contributed by atoms with Crippen LogP contribution in [0.5, 0.6) is 0 Å². The topological polar surface area (TPSA) is 78.4 Å². The molecule has 0 bridgehead atoms. The summed E-state index contributed by atoms with van der Waals surface area (Å²) in [6, 6.07) is -1.21. The molecule has 3 atom stereocenters. The second kappa shape index (κ2) is 9.08. The van der Waals surface area contributed by atoms with Crippen LogP contribution in [0.15, 0.2) is 0 Å². The molecule has 6 heteroatoms. The fraction of sp³-hybridized carbons (Fsp3) is 0.833. The summed E-state index contributed by atoms with van der Waals surface area (Å²) in [6.45, 7) is 7.68. The number of hydrogen-bond acceptors (Lipinski definition) is 3. The summed E-state index contributed by atoms with van der Waals surface area (Å²) in [6.07, 6.45) is 0.707. The van der Waals surface area contributed by atoms with Gasteiger partial charge in [-0.2, -0.15) is 11.8 Å². The molecular weight excluding hydrogens is 252 g/mol. The van der Waals surface area contributed by atoms with Crippen molar-refractivity contribution in [3.8, 4) is 0 Å². The number of rotatable bonds is 8. The van der Waals surface area contributed by atoms with Crippen molar-refractivity contribution in [1.29, 1.82) is 0 Å². The van der Waals surface area contributed by atoms with Crippen molar-refractivity contribution in [2.45, 2.75) is 46.2 Å². The van der Waals surface area contributed by atoms with Gasteiger partial charge in [0.2, 0.25) is 0 Å². The van der Waals surface area contributed by atoms with Gasteiger partial charge in [0, 0.05) is 11.8 Å². The number of thioether (sulfide) groups is 1. The molecule has 0 aromatic carbocycles. The summed E-state index contributed by atoms with van der Waals surface area (Å²) < 4.78 is 0. The van der Waals surface area contributed by atoms with Crippen molar-refractivity contribution in [3.63, 3.8) is 0 Å². The lowest BCUT2D eigenvalue weighted by Crippen LogP contribution is -2.51. The summed E-state index contributed by atoms with van der Waals surface area (Å²) in [4.78, 5) is 22.7. The number of nitrogens with one attached hydrogen (secondary N) is 2. The van der Waals surface area contributed by atoms with Gasteiger partial charge in [-0.05, 0) is 18.6 Å². The van der Waals surface area contributed by atoms with Crippen LogP contribution in [0, 0.1) is 5.92 Å². The van der Waals surface area contributed by atoms with E-state index in [1.54, 1.807) is 11.8 Å². The molecule has 0 spiro atoms. The monoisotopic (exact) mass is 276 g/mol. The highest BCUT2D eigenvalue weighted by atomic mass is 32.2. The minimum absolute atomic E-state index is 0.0290. The number of aliphatic carboxylic acids is 1. The predicted octanol–water partition coefficient (Wildman–Crippen LogP) is 1.93. The van der Waals surface area contributed by atoms with Crippen molar-refractivity contribution in [2.75, 3.05) is 11.5 Å². The molecule has 3 N–H and O–H groups in total. The Balaban J connectivity index is 4.21. The third kappa shape index (κ3) is 6.74. The zero-order valence-corrected chi connectivity index (χ0v) is 12.3. The first-order chi connectivity index (χ1) is 8.42. The first kappa shape index (κ1) is 17.1. The smallest absolute Gasteiger partial charge is 0.326 e. The average molecular weight is 276 g/mol. The third-order valence-corrected chi connectivity index (χ3v) is 3.86. The Morgan fingerprint density at radius 3 is 2.28 bits per heavy atom. The molecule has 0 heterocycles. The number of carbonyl (C=O) groups excluding carboxylic acids is 1. The van der Waals surface area contributed by atoms with E-state index < -0.39 is 18.0 Å². The van der Waals surface area contributed by atoms with Gasteiger partial charge in [-0.25, -0.2) is 9.59 Å². The lowest BCUT2D eigenvalue weighted by molar-refractivity contribution is -0.140. The maximum absolute atomic E-state index is 11.7. The van der Waals surface area contributed by atoms with Crippen molar-refractivity contribution >= 4 is 23.8 Å². The zero-order valence-electron chi connectivity index (χ0n) is 11.5. The molecule has 0 fully saturated rings. The minimum Gasteiger partial charge on any atom is -0.480 e. The van der Waals surface area contributed by atoms with Crippen LogP contribution in [0.3, 0.4) is 0 Å². The molecule has 0 aromatic heterocycles. The van der Waals surface area contributed by atoms with Gasteiger partial charge in [0.1, 0.15) is 6.04 Å². The minimum atomic E-state index is -0.991. The molecule has 5 nitrogen and oxygen atoms in total. The summed E-state index contributed by atoms with van der Waals surface area (Å²) in [7, 11) is 0. The Hall–Kier alpha value is -0.910. The summed E-state index contributed by atoms with van der Waals surface area (Å²) >= 11 is 1.74. The number of carboxylic acids is 1. The van der Waals surface area contributed by atoms with Gasteiger partial charge in [0.05, 0.1) is 0 Å². The molecular formula is C12H24N2O3S. The summed E-state index contributed by atoms with van der Waals surface area (Å²) in [5, 5.41) is 14.3. The molecule has 2 amide bonds. The molecule has 18 heavy (non-hydrogen) atoms. The first-order valence-corrected chi connectivity index (χ1v) is 7.45. The number of carboxylic acid groups (broad SMARTS) is 1. The predicted molar refractivity (Wildman–Crippen MR) is 75.0 cm³/mol. The Morgan fingerprint density at radius 2 is 1.83 bits per heavy atom. The van der Waals surface area contributed by atoms with E-state index in [0.717, 1.165) is 11.5 Å². The molecule has 106 valence electrons. The maximum atomic E-state index is 11.7. The molecule has 0 aliphatic carbocycles. The van der Waals surface area contributed by atoms with E-state index in [1.165, 1.54) is 0 Å². The highest BCUT2D eigenvalue weighted by Crippen LogP contribution is 2.08. The second-order valence-corrected chi connectivity index (χ2v) is 5.70. The van der Waals surface area contributed by atoms with Crippen LogP contribution < -0.4 is 10.6 Å². The summed E-state index contributed by atoms with van der Waals surface area (Å²) in [5.74, 6) is 0.743. The average Bonchev–Trinajstić information content (AvgIpc) is 2.32. The molecule has 0 saturated carbocycles. The third-order valence-electron chi connectivity index (χ3n) is 2.72. The molecule has 0 saturated heterocycles. The first-order valence-electron chi connectivity index (χ1n) is 6.29. The Labute approximate surface area is 113 Å². The van der Waals surface area contributed by atoms with Crippen LogP contribution >= 0.6 is 11.8 Å². The van der Waals surface area contributed by atoms with E-state index in [2.05, 4.69) is 17.6 Å². The van der Waals surface area contributed by atoms with Gasteiger partial charge in [-0.3, -0.25) is 0 Å². The fourth-order valence-corrected chi connectivity index (χ4v) is 2.10. The van der Waals surface area contributed by atoms with Crippen LogP contribution in [0.2, 0.25) is 0 Å². The van der Waals surface area contributed by atoms with Gasteiger partial charge in [-0.1, -0.05) is 27.2 Å². The van der Waals surface area contributed by atoms with Gasteiger partial charge in [0.15, 0.2) is 0 Å². The molecule has 2 unspecified atom stereocenters. The van der Waals surface area contributed by atoms with Gasteiger partial charge >= 0.3 is 12.0 Å². The van der Waals surface area contributed by atoms with Crippen molar-refractivity contribution in [1.82, 2.24) is 10.6 Å². The Morgan fingerprint density at radius 1 is 1.22 bits per heavy atom. The van der Waals surface area contributed by atoms with E-state index in [9.17, 15) is 9.59 Å². The molecule has 0 radical (unpaired) electrons. The van der Waals surface area contributed by atoms with Crippen LogP contribution in [-0.4, -0.2) is 40.7 Å². The van der Waals surface area contributed by atoms with Crippen molar-refractivity contribution in [3.05, 3.63) is 0 Å². The van der Waals surface area contributed by atoms with Crippen LogP contribution in [0.25, 0.3) is 0 Å². The van der Waals surface area contributed by atoms with Gasteiger partial charge in [-0.15, -0.1) is 0 Å². The standard InChI is InChI=1S/C12H24N2O3S/c1-5-8(3)10(11(15)16)14-12(17)13-9(4)7-18-6-2/h8-10H,5-7H2,1-4H3,(H,15,16)(H2,13,14,17)/t8?,9?,10-/m0/s1. The number of urea groups is 1. The van der Waals surface area contributed by atoms with Crippen molar-refractivity contribution < 1.29 is 14.7 Å². The molecule has 0 rings (SSSR count).